The molecule has 2 aromatic rings. The molecule has 0 amide bonds. The zero-order chi connectivity index (χ0) is 22.7. The van der Waals surface area contributed by atoms with Gasteiger partial charge in [-0.05, 0) is 62.8 Å². The van der Waals surface area contributed by atoms with E-state index in [-0.39, 0.29) is 0 Å². The minimum atomic E-state index is 0.644. The molecule has 0 bridgehead atoms. The number of nitrogens with zero attached hydrogens (tertiary/aromatic N) is 2. The second-order valence-electron chi connectivity index (χ2n) is 7.89. The van der Waals surface area contributed by atoms with Crippen LogP contribution >= 0.6 is 0 Å². The first-order chi connectivity index (χ1) is 15.8. The average Bonchev–Trinajstić information content (AvgIpc) is 2.83. The van der Waals surface area contributed by atoms with E-state index < -0.39 is 0 Å². The molecular formula is C27H40N2O3. The molecule has 0 radical (unpaired) electrons. The van der Waals surface area contributed by atoms with Crippen LogP contribution in [0.4, 0.5) is 0 Å². The fraction of sp³-hybridized carbons (Fsp3) is 0.556. The quantitative estimate of drug-likeness (QED) is 0.184. The molecule has 0 saturated carbocycles. The lowest BCUT2D eigenvalue weighted by Gasteiger charge is -2.08. The summed E-state index contributed by atoms with van der Waals surface area (Å²) in [5.41, 5.74) is 0.961. The maximum absolute atomic E-state index is 5.80. The molecule has 0 fully saturated rings. The van der Waals surface area contributed by atoms with Crippen molar-refractivity contribution in [3.8, 4) is 22.9 Å². The molecule has 0 saturated heterocycles. The Bertz CT molecular complexity index is 730. The van der Waals surface area contributed by atoms with Crippen LogP contribution in [0.5, 0.6) is 11.5 Å². The van der Waals surface area contributed by atoms with Crippen molar-refractivity contribution in [1.29, 1.82) is 0 Å². The van der Waals surface area contributed by atoms with Gasteiger partial charge in [0.05, 0.1) is 25.6 Å². The van der Waals surface area contributed by atoms with Crippen LogP contribution in [0.15, 0.2) is 48.8 Å². The second-order valence-corrected chi connectivity index (χ2v) is 7.89. The highest BCUT2D eigenvalue weighted by atomic mass is 16.5. The Morgan fingerprint density at radius 1 is 0.656 bits per heavy atom. The zero-order valence-corrected chi connectivity index (χ0v) is 19.9. The van der Waals surface area contributed by atoms with Crippen LogP contribution in [0.2, 0.25) is 0 Å². The van der Waals surface area contributed by atoms with E-state index in [0.717, 1.165) is 56.6 Å². The number of unbranched alkanes of at least 4 members (excludes halogenated alkanes) is 5. The second kappa shape index (κ2) is 17.2. The highest BCUT2D eigenvalue weighted by Crippen LogP contribution is 2.20. The monoisotopic (exact) mass is 440 g/mol. The Labute approximate surface area is 194 Å². The lowest BCUT2D eigenvalue weighted by Crippen LogP contribution is -2.01. The van der Waals surface area contributed by atoms with Gasteiger partial charge in [0.2, 0.25) is 0 Å². The highest BCUT2D eigenvalue weighted by molar-refractivity contribution is 5.56. The molecule has 2 rings (SSSR count). The van der Waals surface area contributed by atoms with E-state index in [4.69, 9.17) is 14.2 Å². The van der Waals surface area contributed by atoms with Crippen LogP contribution < -0.4 is 9.47 Å². The fourth-order valence-corrected chi connectivity index (χ4v) is 3.15. The minimum Gasteiger partial charge on any atom is -0.494 e. The zero-order valence-electron chi connectivity index (χ0n) is 19.9. The van der Waals surface area contributed by atoms with Gasteiger partial charge in [-0.2, -0.15) is 0 Å². The summed E-state index contributed by atoms with van der Waals surface area (Å²) in [7, 11) is 0. The molecule has 5 heteroatoms. The fourth-order valence-electron chi connectivity index (χ4n) is 3.15. The normalized spacial score (nSPS) is 11.2. The lowest BCUT2D eigenvalue weighted by atomic mass is 10.1. The van der Waals surface area contributed by atoms with Crippen molar-refractivity contribution in [3.05, 3.63) is 48.8 Å². The molecule has 5 nitrogen and oxygen atoms in total. The van der Waals surface area contributed by atoms with Gasteiger partial charge >= 0.3 is 0 Å². The Morgan fingerprint density at radius 2 is 1.38 bits per heavy atom. The average molecular weight is 441 g/mol. The molecular weight excluding hydrogens is 400 g/mol. The number of hydrogen-bond acceptors (Lipinski definition) is 5. The van der Waals surface area contributed by atoms with E-state index in [9.17, 15) is 0 Å². The van der Waals surface area contributed by atoms with Gasteiger partial charge in [0.15, 0.2) is 11.6 Å². The number of benzene rings is 1. The number of rotatable bonds is 18. The van der Waals surface area contributed by atoms with Crippen molar-refractivity contribution >= 4 is 0 Å². The maximum Gasteiger partial charge on any atom is 0.159 e. The predicted octanol–water partition coefficient (Wildman–Crippen LogP) is 7.02. The maximum atomic E-state index is 5.80. The Morgan fingerprint density at radius 3 is 2.12 bits per heavy atom. The lowest BCUT2D eigenvalue weighted by molar-refractivity contribution is 0.127. The minimum absolute atomic E-state index is 0.644. The largest absolute Gasteiger partial charge is 0.494 e. The van der Waals surface area contributed by atoms with Gasteiger partial charge in [0, 0.05) is 18.8 Å². The third kappa shape index (κ3) is 11.3. The third-order valence-electron chi connectivity index (χ3n) is 4.99. The third-order valence-corrected chi connectivity index (χ3v) is 4.99. The predicted molar refractivity (Wildman–Crippen MR) is 131 cm³/mol. The highest BCUT2D eigenvalue weighted by Gasteiger charge is 2.03. The van der Waals surface area contributed by atoms with Crippen molar-refractivity contribution in [1.82, 2.24) is 9.97 Å². The van der Waals surface area contributed by atoms with Crippen LogP contribution in [0.3, 0.4) is 0 Å². The molecule has 1 heterocycles. The van der Waals surface area contributed by atoms with E-state index in [1.807, 2.05) is 24.3 Å². The Hall–Kier alpha value is -2.40. The van der Waals surface area contributed by atoms with E-state index in [2.05, 4.69) is 36.0 Å². The van der Waals surface area contributed by atoms with Gasteiger partial charge in [0.1, 0.15) is 5.75 Å². The first kappa shape index (κ1) is 25.9. The molecule has 0 aliphatic rings. The van der Waals surface area contributed by atoms with Gasteiger partial charge in [-0.3, -0.25) is 0 Å². The van der Waals surface area contributed by atoms with Gasteiger partial charge in [0.25, 0.3) is 0 Å². The summed E-state index contributed by atoms with van der Waals surface area (Å²) in [6.07, 6.45) is 18.3. The molecule has 0 spiro atoms. The Balaban J connectivity index is 1.64. The summed E-state index contributed by atoms with van der Waals surface area (Å²) in [5.74, 6) is 2.25. The first-order valence-corrected chi connectivity index (χ1v) is 12.2. The number of hydrogen-bond donors (Lipinski definition) is 0. The van der Waals surface area contributed by atoms with Crippen molar-refractivity contribution in [2.45, 2.75) is 71.6 Å². The molecule has 0 atom stereocenters. The van der Waals surface area contributed by atoms with Crippen LogP contribution in [0, 0.1) is 0 Å². The van der Waals surface area contributed by atoms with Crippen LogP contribution in [0.25, 0.3) is 11.4 Å². The SMILES string of the molecule is CCCCCC/C=C\CCOc1cnc(-c2ccc(OCCCCOCCC)cc2)nc1. The number of allylic oxidation sites excluding steroid dienone is 1. The summed E-state index contributed by atoms with van der Waals surface area (Å²) in [6, 6.07) is 7.90. The van der Waals surface area contributed by atoms with Crippen molar-refractivity contribution in [3.63, 3.8) is 0 Å². The number of ether oxygens (including phenoxy) is 3. The van der Waals surface area contributed by atoms with Crippen molar-refractivity contribution in [2.24, 2.45) is 0 Å². The summed E-state index contributed by atoms with van der Waals surface area (Å²) >= 11 is 0. The van der Waals surface area contributed by atoms with Crippen LogP contribution in [-0.4, -0.2) is 36.4 Å². The molecule has 32 heavy (non-hydrogen) atoms. The van der Waals surface area contributed by atoms with Crippen molar-refractivity contribution in [2.75, 3.05) is 26.4 Å². The molecule has 1 aromatic carbocycles. The van der Waals surface area contributed by atoms with Crippen molar-refractivity contribution < 1.29 is 14.2 Å². The van der Waals surface area contributed by atoms with E-state index in [1.165, 1.54) is 25.7 Å². The van der Waals surface area contributed by atoms with Gasteiger partial charge < -0.3 is 14.2 Å². The molecule has 0 aliphatic carbocycles. The molecule has 0 N–H and O–H groups in total. The molecule has 0 aliphatic heterocycles. The first-order valence-electron chi connectivity index (χ1n) is 12.2. The summed E-state index contributed by atoms with van der Waals surface area (Å²) < 4.78 is 17.0. The summed E-state index contributed by atoms with van der Waals surface area (Å²) in [5, 5.41) is 0. The van der Waals surface area contributed by atoms with Gasteiger partial charge in [-0.25, -0.2) is 9.97 Å². The molecule has 0 unspecified atom stereocenters. The summed E-state index contributed by atoms with van der Waals surface area (Å²) in [6.45, 7) is 7.35. The van der Waals surface area contributed by atoms with Crippen LogP contribution in [-0.2, 0) is 4.74 Å². The van der Waals surface area contributed by atoms with E-state index in [0.29, 0.717) is 24.8 Å². The molecule has 1 aromatic heterocycles. The standard InChI is InChI=1S/C27H40N2O3/c1-3-5-6-7-8-9-10-11-20-32-26-22-28-27(29-23-26)24-14-16-25(17-15-24)31-21-13-12-19-30-18-4-2/h9-10,14-17,22-23H,3-8,11-13,18-21H2,1-2H3/b10-9-. The smallest absolute Gasteiger partial charge is 0.159 e. The number of aromatic nitrogens is 2. The Kier molecular flexibility index (Phi) is 13.9. The molecule has 176 valence electrons. The van der Waals surface area contributed by atoms with Crippen LogP contribution in [0.1, 0.15) is 71.6 Å². The van der Waals surface area contributed by atoms with E-state index >= 15 is 0 Å². The topological polar surface area (TPSA) is 53.5 Å². The van der Waals surface area contributed by atoms with Gasteiger partial charge in [-0.15, -0.1) is 0 Å². The summed E-state index contributed by atoms with van der Waals surface area (Å²) in [4.78, 5) is 8.88. The van der Waals surface area contributed by atoms with Gasteiger partial charge in [-0.1, -0.05) is 45.3 Å². The van der Waals surface area contributed by atoms with E-state index in [1.54, 1.807) is 12.4 Å².